The molecule has 6 nitrogen and oxygen atoms in total. The van der Waals surface area contributed by atoms with Crippen molar-refractivity contribution in [3.63, 3.8) is 0 Å². The van der Waals surface area contributed by atoms with Crippen LogP contribution in [0.15, 0.2) is 47.6 Å². The van der Waals surface area contributed by atoms with Gasteiger partial charge in [-0.05, 0) is 43.2 Å². The van der Waals surface area contributed by atoms with Crippen LogP contribution in [0.5, 0.6) is 0 Å². The van der Waals surface area contributed by atoms with Gasteiger partial charge in [-0.2, -0.15) is 4.31 Å². The van der Waals surface area contributed by atoms with Gasteiger partial charge in [0.25, 0.3) is 0 Å². The summed E-state index contributed by atoms with van der Waals surface area (Å²) < 4.78 is 26.9. The van der Waals surface area contributed by atoms with Crippen LogP contribution >= 0.6 is 23.2 Å². The molecule has 1 aliphatic heterocycles. The Hall–Kier alpha value is -1.67. The number of carbonyl (C=O) groups is 1. The summed E-state index contributed by atoms with van der Waals surface area (Å²) in [5, 5.41) is 3.24. The molecule has 1 aromatic heterocycles. The molecule has 0 bridgehead atoms. The second-order valence-corrected chi connectivity index (χ2v) is 8.73. The fourth-order valence-electron chi connectivity index (χ4n) is 2.85. The van der Waals surface area contributed by atoms with Crippen LogP contribution < -0.4 is 5.32 Å². The zero-order chi connectivity index (χ0) is 18.7. The zero-order valence-corrected chi connectivity index (χ0v) is 16.1. The molecule has 0 atom stereocenters. The van der Waals surface area contributed by atoms with Gasteiger partial charge in [-0.3, -0.25) is 9.78 Å². The van der Waals surface area contributed by atoms with Gasteiger partial charge >= 0.3 is 0 Å². The highest BCUT2D eigenvalue weighted by Gasteiger charge is 2.33. The van der Waals surface area contributed by atoms with Crippen molar-refractivity contribution in [2.45, 2.75) is 17.7 Å². The van der Waals surface area contributed by atoms with Crippen molar-refractivity contribution in [1.82, 2.24) is 9.29 Å². The van der Waals surface area contributed by atoms with E-state index in [0.717, 1.165) is 0 Å². The van der Waals surface area contributed by atoms with E-state index in [2.05, 4.69) is 10.3 Å². The quantitative estimate of drug-likeness (QED) is 0.832. The van der Waals surface area contributed by atoms with E-state index in [-0.39, 0.29) is 34.8 Å². The normalized spacial score (nSPS) is 16.4. The minimum atomic E-state index is -3.75. The number of pyridine rings is 1. The van der Waals surface area contributed by atoms with Crippen molar-refractivity contribution in [3.05, 3.63) is 52.8 Å². The van der Waals surface area contributed by atoms with Gasteiger partial charge in [-0.15, -0.1) is 0 Å². The molecule has 1 amide bonds. The number of sulfonamides is 1. The zero-order valence-electron chi connectivity index (χ0n) is 13.7. The number of anilines is 1. The number of benzene rings is 1. The summed E-state index contributed by atoms with van der Waals surface area (Å²) >= 11 is 11.9. The van der Waals surface area contributed by atoms with Gasteiger partial charge in [-0.1, -0.05) is 23.2 Å². The van der Waals surface area contributed by atoms with Gasteiger partial charge < -0.3 is 5.32 Å². The number of hydrogen-bond donors (Lipinski definition) is 1. The number of piperidine rings is 1. The maximum absolute atomic E-state index is 12.8. The minimum absolute atomic E-state index is 0.00933. The third kappa shape index (κ3) is 4.17. The SMILES string of the molecule is O=C(Nc1cccnc1)C1CCN(S(=O)(=O)c2cc(Cl)ccc2Cl)CC1. The van der Waals surface area contributed by atoms with Crippen LogP contribution in [0.4, 0.5) is 5.69 Å². The molecule has 2 heterocycles. The number of hydrogen-bond acceptors (Lipinski definition) is 4. The molecule has 1 saturated heterocycles. The molecule has 0 radical (unpaired) electrons. The van der Waals surface area contributed by atoms with Crippen molar-refractivity contribution >= 4 is 44.8 Å². The third-order valence-electron chi connectivity index (χ3n) is 4.26. The Kier molecular flexibility index (Phi) is 5.82. The molecule has 3 rings (SSSR count). The first-order valence-corrected chi connectivity index (χ1v) is 10.2. The van der Waals surface area contributed by atoms with Crippen molar-refractivity contribution in [2.24, 2.45) is 5.92 Å². The topological polar surface area (TPSA) is 79.4 Å². The van der Waals surface area contributed by atoms with Crippen molar-refractivity contribution < 1.29 is 13.2 Å². The van der Waals surface area contributed by atoms with Crippen LogP contribution in [0, 0.1) is 5.92 Å². The predicted molar refractivity (Wildman–Crippen MR) is 101 cm³/mol. The number of aromatic nitrogens is 1. The van der Waals surface area contributed by atoms with Gasteiger partial charge in [0, 0.05) is 30.2 Å². The Bertz CT molecular complexity index is 899. The number of nitrogens with zero attached hydrogens (tertiary/aromatic N) is 2. The summed E-state index contributed by atoms with van der Waals surface area (Å²) in [4.78, 5) is 16.3. The van der Waals surface area contributed by atoms with E-state index in [0.29, 0.717) is 23.6 Å². The van der Waals surface area contributed by atoms with Gasteiger partial charge in [0.2, 0.25) is 15.9 Å². The van der Waals surface area contributed by atoms with Crippen molar-refractivity contribution in [1.29, 1.82) is 0 Å². The second-order valence-electron chi connectivity index (χ2n) is 5.98. The van der Waals surface area contributed by atoms with Gasteiger partial charge in [0.15, 0.2) is 0 Å². The Labute approximate surface area is 162 Å². The number of nitrogens with one attached hydrogen (secondary N) is 1. The van der Waals surface area contributed by atoms with Gasteiger partial charge in [0.05, 0.1) is 16.9 Å². The fourth-order valence-corrected chi connectivity index (χ4v) is 5.06. The number of halogens is 2. The average Bonchev–Trinajstić information content (AvgIpc) is 2.64. The maximum Gasteiger partial charge on any atom is 0.244 e. The Morgan fingerprint density at radius 3 is 2.58 bits per heavy atom. The number of carbonyl (C=O) groups excluding carboxylic acids is 1. The van der Waals surface area contributed by atoms with Gasteiger partial charge in [-0.25, -0.2) is 8.42 Å². The largest absolute Gasteiger partial charge is 0.324 e. The molecule has 2 aromatic rings. The molecule has 1 aliphatic rings. The third-order valence-corrected chi connectivity index (χ3v) is 6.88. The minimum Gasteiger partial charge on any atom is -0.324 e. The van der Waals surface area contributed by atoms with Crippen molar-refractivity contribution in [2.75, 3.05) is 18.4 Å². The fraction of sp³-hybridized carbons (Fsp3) is 0.294. The molecule has 138 valence electrons. The molecule has 0 spiro atoms. The molecule has 1 aromatic carbocycles. The van der Waals surface area contributed by atoms with E-state index in [1.807, 2.05) is 0 Å². The number of rotatable bonds is 4. The summed E-state index contributed by atoms with van der Waals surface area (Å²) in [6.07, 6.45) is 4.06. The molecular weight excluding hydrogens is 397 g/mol. The predicted octanol–water partition coefficient (Wildman–Crippen LogP) is 3.43. The van der Waals surface area contributed by atoms with E-state index in [1.165, 1.54) is 22.5 Å². The lowest BCUT2D eigenvalue weighted by Crippen LogP contribution is -2.41. The van der Waals surface area contributed by atoms with E-state index >= 15 is 0 Å². The monoisotopic (exact) mass is 413 g/mol. The average molecular weight is 414 g/mol. The summed E-state index contributed by atoms with van der Waals surface area (Å²) in [5.41, 5.74) is 0.623. The smallest absolute Gasteiger partial charge is 0.244 e. The molecule has 26 heavy (non-hydrogen) atoms. The first kappa shape index (κ1) is 19.1. The first-order chi connectivity index (χ1) is 12.4. The van der Waals surface area contributed by atoms with E-state index in [1.54, 1.807) is 24.5 Å². The number of amides is 1. The standard InChI is InChI=1S/C17H17Cl2N3O3S/c18-13-3-4-15(19)16(10-13)26(24,25)22-8-5-12(6-9-22)17(23)21-14-2-1-7-20-11-14/h1-4,7,10-12H,5-6,8-9H2,(H,21,23). The van der Waals surface area contributed by atoms with Crippen LogP contribution in [0.3, 0.4) is 0 Å². The summed E-state index contributed by atoms with van der Waals surface area (Å²) in [5.74, 6) is -0.382. The molecule has 9 heteroatoms. The Morgan fingerprint density at radius 2 is 1.92 bits per heavy atom. The van der Waals surface area contributed by atoms with E-state index < -0.39 is 10.0 Å². The van der Waals surface area contributed by atoms with Crippen molar-refractivity contribution in [3.8, 4) is 0 Å². The molecule has 1 fully saturated rings. The highest BCUT2D eigenvalue weighted by molar-refractivity contribution is 7.89. The lowest BCUT2D eigenvalue weighted by atomic mass is 9.97. The molecule has 0 saturated carbocycles. The van der Waals surface area contributed by atoms with Crippen LogP contribution in [0.2, 0.25) is 10.0 Å². The van der Waals surface area contributed by atoms with Crippen LogP contribution in [-0.2, 0) is 14.8 Å². The van der Waals surface area contributed by atoms with Crippen LogP contribution in [0.25, 0.3) is 0 Å². The lowest BCUT2D eigenvalue weighted by Gasteiger charge is -2.30. The summed E-state index contributed by atoms with van der Waals surface area (Å²) in [6, 6.07) is 7.84. The molecular formula is C17H17Cl2N3O3S. The summed E-state index contributed by atoms with van der Waals surface area (Å²) in [7, 11) is -3.75. The highest BCUT2D eigenvalue weighted by atomic mass is 35.5. The van der Waals surface area contributed by atoms with Crippen LogP contribution in [0.1, 0.15) is 12.8 Å². The maximum atomic E-state index is 12.8. The van der Waals surface area contributed by atoms with Gasteiger partial charge in [0.1, 0.15) is 4.90 Å². The Morgan fingerprint density at radius 1 is 1.19 bits per heavy atom. The van der Waals surface area contributed by atoms with Crippen LogP contribution in [-0.4, -0.2) is 36.7 Å². The summed E-state index contributed by atoms with van der Waals surface area (Å²) in [6.45, 7) is 0.493. The first-order valence-electron chi connectivity index (χ1n) is 8.04. The lowest BCUT2D eigenvalue weighted by molar-refractivity contribution is -0.120. The van der Waals surface area contributed by atoms with E-state index in [9.17, 15) is 13.2 Å². The molecule has 0 aliphatic carbocycles. The Balaban J connectivity index is 1.66. The molecule has 0 unspecified atom stereocenters. The molecule has 1 N–H and O–H groups in total. The second kappa shape index (κ2) is 7.92. The highest BCUT2D eigenvalue weighted by Crippen LogP contribution is 2.30. The van der Waals surface area contributed by atoms with E-state index in [4.69, 9.17) is 23.2 Å².